The smallest absolute Gasteiger partial charge is 0.111 e. The van der Waals surface area contributed by atoms with Crippen molar-refractivity contribution < 1.29 is 0 Å². The maximum Gasteiger partial charge on any atom is 0.111 e. The van der Waals surface area contributed by atoms with Gasteiger partial charge in [0.2, 0.25) is 0 Å². The highest BCUT2D eigenvalue weighted by Gasteiger charge is 2.13. The van der Waals surface area contributed by atoms with E-state index < -0.39 is 0 Å². The van der Waals surface area contributed by atoms with Crippen molar-refractivity contribution in [1.82, 2.24) is 14.5 Å². The number of benzene rings is 1. The Hall–Kier alpha value is -0.580. The van der Waals surface area contributed by atoms with E-state index in [9.17, 15) is 0 Å². The third-order valence-electron chi connectivity index (χ3n) is 4.16. The molecule has 2 aromatic rings. The first-order valence-corrected chi connectivity index (χ1v) is 9.03. The van der Waals surface area contributed by atoms with Crippen molar-refractivity contribution in [3.8, 4) is 0 Å². The molecule has 2 heterocycles. The highest BCUT2D eigenvalue weighted by molar-refractivity contribution is 9.10. The molecule has 1 fully saturated rings. The molecular weight excluding hydrogens is 350 g/mol. The molecule has 3 rings (SSSR count). The lowest BCUT2D eigenvalue weighted by Crippen LogP contribution is -2.21. The van der Waals surface area contributed by atoms with Crippen molar-refractivity contribution in [1.29, 1.82) is 0 Å². The topological polar surface area (TPSA) is 21.1 Å². The molecule has 0 bridgehead atoms. The molecule has 1 aliphatic heterocycles. The number of imidazole rings is 1. The quantitative estimate of drug-likeness (QED) is 0.715. The molecule has 0 atom stereocenters. The average molecular weight is 371 g/mol. The van der Waals surface area contributed by atoms with Gasteiger partial charge in [0.1, 0.15) is 5.82 Å². The van der Waals surface area contributed by atoms with Crippen molar-refractivity contribution in [2.45, 2.75) is 32.2 Å². The Labute approximate surface area is 139 Å². The van der Waals surface area contributed by atoms with Crippen LogP contribution in [-0.2, 0) is 13.0 Å². The Bertz CT molecular complexity index is 605. The Morgan fingerprint density at radius 3 is 2.76 bits per heavy atom. The Balaban J connectivity index is 1.77. The lowest BCUT2D eigenvalue weighted by molar-refractivity contribution is 0.325. The van der Waals surface area contributed by atoms with E-state index in [1.165, 1.54) is 44.4 Å². The Morgan fingerprint density at radius 2 is 2.00 bits per heavy atom. The summed E-state index contributed by atoms with van der Waals surface area (Å²) in [6, 6.07) is 6.29. The predicted octanol–water partition coefficient (Wildman–Crippen LogP) is 4.07. The minimum Gasteiger partial charge on any atom is -0.328 e. The summed E-state index contributed by atoms with van der Waals surface area (Å²) in [7, 11) is 0. The van der Waals surface area contributed by atoms with Crippen molar-refractivity contribution in [2.75, 3.05) is 25.5 Å². The van der Waals surface area contributed by atoms with Gasteiger partial charge in [-0.15, -0.1) is 11.6 Å². The molecule has 5 heteroatoms. The number of nitrogens with zero attached hydrogens (tertiary/aromatic N) is 3. The molecule has 0 N–H and O–H groups in total. The normalized spacial score (nSPS) is 16.1. The fraction of sp³-hybridized carbons (Fsp3) is 0.562. The second-order valence-corrected chi connectivity index (χ2v) is 6.95. The largest absolute Gasteiger partial charge is 0.328 e. The third kappa shape index (κ3) is 3.61. The summed E-state index contributed by atoms with van der Waals surface area (Å²) in [5, 5.41) is 0. The molecule has 0 unspecified atom stereocenters. The fourth-order valence-corrected chi connectivity index (χ4v) is 3.65. The van der Waals surface area contributed by atoms with Crippen LogP contribution in [-0.4, -0.2) is 40.0 Å². The molecule has 21 heavy (non-hydrogen) atoms. The molecule has 3 nitrogen and oxygen atoms in total. The van der Waals surface area contributed by atoms with E-state index in [-0.39, 0.29) is 0 Å². The van der Waals surface area contributed by atoms with E-state index in [4.69, 9.17) is 16.6 Å². The maximum absolute atomic E-state index is 5.93. The second kappa shape index (κ2) is 7.12. The van der Waals surface area contributed by atoms with Crippen LogP contribution >= 0.6 is 27.5 Å². The number of likely N-dealkylation sites (tertiary alicyclic amines) is 1. The molecule has 1 aromatic carbocycles. The van der Waals surface area contributed by atoms with Gasteiger partial charge in [-0.3, -0.25) is 0 Å². The first-order valence-electron chi connectivity index (χ1n) is 7.71. The molecule has 0 radical (unpaired) electrons. The zero-order valence-electron chi connectivity index (χ0n) is 12.2. The van der Waals surface area contributed by atoms with Crippen LogP contribution < -0.4 is 0 Å². The summed E-state index contributed by atoms with van der Waals surface area (Å²) >= 11 is 9.50. The van der Waals surface area contributed by atoms with E-state index in [2.05, 4.69) is 37.5 Å². The third-order valence-corrected chi connectivity index (χ3v) is 4.84. The summed E-state index contributed by atoms with van der Waals surface area (Å²) in [5.41, 5.74) is 2.28. The molecular formula is C16H21BrClN3. The van der Waals surface area contributed by atoms with E-state index in [1.54, 1.807) is 0 Å². The van der Waals surface area contributed by atoms with Gasteiger partial charge in [0, 0.05) is 23.3 Å². The molecule has 0 spiro atoms. The first kappa shape index (κ1) is 15.3. The number of fused-ring (bicyclic) bond motifs is 1. The maximum atomic E-state index is 5.93. The number of rotatable bonds is 6. The average Bonchev–Trinajstić information content (AvgIpc) is 3.08. The van der Waals surface area contributed by atoms with Crippen LogP contribution in [0.3, 0.4) is 0 Å². The second-order valence-electron chi connectivity index (χ2n) is 5.65. The van der Waals surface area contributed by atoms with Crippen LogP contribution in [0.1, 0.15) is 25.1 Å². The lowest BCUT2D eigenvalue weighted by atomic mass is 10.3. The lowest BCUT2D eigenvalue weighted by Gasteiger charge is -2.15. The summed E-state index contributed by atoms with van der Waals surface area (Å²) in [4.78, 5) is 7.30. The van der Waals surface area contributed by atoms with Crippen molar-refractivity contribution >= 4 is 38.6 Å². The van der Waals surface area contributed by atoms with Crippen molar-refractivity contribution in [2.24, 2.45) is 0 Å². The van der Waals surface area contributed by atoms with E-state index >= 15 is 0 Å². The van der Waals surface area contributed by atoms with Gasteiger partial charge in [0.05, 0.1) is 11.0 Å². The highest BCUT2D eigenvalue weighted by Crippen LogP contribution is 2.22. The van der Waals surface area contributed by atoms with Gasteiger partial charge in [-0.05, 0) is 57.1 Å². The van der Waals surface area contributed by atoms with E-state index in [1.807, 2.05) is 6.07 Å². The Kier molecular flexibility index (Phi) is 5.19. The Morgan fingerprint density at radius 1 is 1.19 bits per heavy atom. The number of hydrogen-bond acceptors (Lipinski definition) is 2. The minimum atomic E-state index is 0.622. The first-order chi connectivity index (χ1) is 10.3. The van der Waals surface area contributed by atoms with E-state index in [0.717, 1.165) is 28.8 Å². The molecule has 114 valence electrons. The summed E-state index contributed by atoms with van der Waals surface area (Å²) in [5.74, 6) is 1.73. The molecule has 1 aliphatic rings. The number of aryl methyl sites for hydroxylation is 2. The molecule has 0 aliphatic carbocycles. The molecule has 1 aromatic heterocycles. The SMILES string of the molecule is ClCCc1nc2ccc(Br)cc2n1CCCN1CCCC1. The summed E-state index contributed by atoms with van der Waals surface area (Å²) in [6.45, 7) is 4.75. The standard InChI is InChI=1S/C16H21BrClN3/c17-13-4-5-14-15(12-13)21(16(19-14)6-7-18)11-3-10-20-8-1-2-9-20/h4-5,12H,1-3,6-11H2. The molecule has 0 amide bonds. The summed E-state index contributed by atoms with van der Waals surface area (Å²) < 4.78 is 3.45. The zero-order valence-corrected chi connectivity index (χ0v) is 14.5. The number of hydrogen-bond donors (Lipinski definition) is 0. The number of halogens is 2. The number of alkyl halides is 1. The van der Waals surface area contributed by atoms with Crippen molar-refractivity contribution in [3.63, 3.8) is 0 Å². The molecule has 1 saturated heterocycles. The zero-order chi connectivity index (χ0) is 14.7. The number of aromatic nitrogens is 2. The van der Waals surface area contributed by atoms with Gasteiger partial charge in [-0.1, -0.05) is 15.9 Å². The highest BCUT2D eigenvalue weighted by atomic mass is 79.9. The van der Waals surface area contributed by atoms with Crippen LogP contribution in [0.5, 0.6) is 0 Å². The van der Waals surface area contributed by atoms with Gasteiger partial charge >= 0.3 is 0 Å². The van der Waals surface area contributed by atoms with Crippen LogP contribution in [0.2, 0.25) is 0 Å². The van der Waals surface area contributed by atoms with Gasteiger partial charge in [-0.25, -0.2) is 4.98 Å². The van der Waals surface area contributed by atoms with Crippen LogP contribution in [0.4, 0.5) is 0 Å². The van der Waals surface area contributed by atoms with Crippen LogP contribution in [0.25, 0.3) is 11.0 Å². The van der Waals surface area contributed by atoms with Crippen LogP contribution in [0.15, 0.2) is 22.7 Å². The van der Waals surface area contributed by atoms with Gasteiger partial charge in [0.25, 0.3) is 0 Å². The fourth-order valence-electron chi connectivity index (χ4n) is 3.13. The van der Waals surface area contributed by atoms with E-state index in [0.29, 0.717) is 5.88 Å². The molecule has 0 saturated carbocycles. The van der Waals surface area contributed by atoms with Gasteiger partial charge in [0.15, 0.2) is 0 Å². The monoisotopic (exact) mass is 369 g/mol. The van der Waals surface area contributed by atoms with Gasteiger partial charge in [-0.2, -0.15) is 0 Å². The predicted molar refractivity (Wildman–Crippen MR) is 92.1 cm³/mol. The summed E-state index contributed by atoms with van der Waals surface area (Å²) in [6.07, 6.45) is 4.72. The minimum absolute atomic E-state index is 0.622. The van der Waals surface area contributed by atoms with Gasteiger partial charge < -0.3 is 9.47 Å². The van der Waals surface area contributed by atoms with Crippen LogP contribution in [0, 0.1) is 0 Å². The van der Waals surface area contributed by atoms with Crippen molar-refractivity contribution in [3.05, 3.63) is 28.5 Å².